The van der Waals surface area contributed by atoms with Crippen molar-refractivity contribution in [3.05, 3.63) is 59.7 Å². The van der Waals surface area contributed by atoms with Crippen LogP contribution in [0.4, 0.5) is 8.78 Å². The second-order valence-corrected chi connectivity index (χ2v) is 6.67. The van der Waals surface area contributed by atoms with E-state index < -0.39 is 39.1 Å². The predicted molar refractivity (Wildman–Crippen MR) is 86.1 cm³/mol. The molecule has 0 heterocycles. The second kappa shape index (κ2) is 8.04. The van der Waals surface area contributed by atoms with Gasteiger partial charge < -0.3 is 4.74 Å². The van der Waals surface area contributed by atoms with Crippen LogP contribution >= 0.6 is 0 Å². The third-order valence-corrected chi connectivity index (χ3v) is 4.47. The van der Waals surface area contributed by atoms with E-state index in [1.807, 2.05) is 24.5 Å². The number of carbonyl (C=O) groups excluding carboxylic acids is 1. The van der Waals surface area contributed by atoms with Crippen molar-refractivity contribution in [3.8, 4) is 5.75 Å². The number of hydrazine groups is 1. The SMILES string of the molecule is CCc1ccc(OCC(=O)NNS(=O)(=O)c2cc(F)ccc2F)cc1. The predicted octanol–water partition coefficient (Wildman–Crippen LogP) is 1.92. The number of ether oxygens (including phenoxy) is 1. The first-order valence-corrected chi connectivity index (χ1v) is 8.77. The lowest BCUT2D eigenvalue weighted by Gasteiger charge is -2.10. The van der Waals surface area contributed by atoms with Crippen molar-refractivity contribution >= 4 is 15.9 Å². The Morgan fingerprint density at radius 2 is 1.80 bits per heavy atom. The molecule has 6 nitrogen and oxygen atoms in total. The zero-order valence-corrected chi connectivity index (χ0v) is 14.1. The third-order valence-electron chi connectivity index (χ3n) is 3.21. The van der Waals surface area contributed by atoms with Gasteiger partial charge in [0.2, 0.25) is 0 Å². The monoisotopic (exact) mass is 370 g/mol. The highest BCUT2D eigenvalue weighted by molar-refractivity contribution is 7.89. The summed E-state index contributed by atoms with van der Waals surface area (Å²) in [5.74, 6) is -2.44. The van der Waals surface area contributed by atoms with E-state index in [1.54, 1.807) is 17.0 Å². The molecule has 0 spiro atoms. The van der Waals surface area contributed by atoms with Crippen LogP contribution in [0, 0.1) is 11.6 Å². The first-order valence-electron chi connectivity index (χ1n) is 7.29. The molecule has 0 saturated heterocycles. The Bertz CT molecular complexity index is 855. The Morgan fingerprint density at radius 3 is 2.44 bits per heavy atom. The molecule has 1 amide bonds. The summed E-state index contributed by atoms with van der Waals surface area (Å²) < 4.78 is 55.5. The van der Waals surface area contributed by atoms with E-state index in [9.17, 15) is 22.0 Å². The van der Waals surface area contributed by atoms with Crippen LogP contribution in [0.1, 0.15) is 12.5 Å². The average molecular weight is 370 g/mol. The van der Waals surface area contributed by atoms with Gasteiger partial charge in [-0.2, -0.15) is 0 Å². The van der Waals surface area contributed by atoms with Crippen LogP contribution in [0.5, 0.6) is 5.75 Å². The zero-order chi connectivity index (χ0) is 18.4. The van der Waals surface area contributed by atoms with E-state index in [1.165, 1.54) is 0 Å². The fraction of sp³-hybridized carbons (Fsp3) is 0.188. The molecule has 0 fully saturated rings. The van der Waals surface area contributed by atoms with Gasteiger partial charge >= 0.3 is 0 Å². The van der Waals surface area contributed by atoms with Gasteiger partial charge in [-0.25, -0.2) is 17.2 Å². The molecular formula is C16H16F2N2O4S. The van der Waals surface area contributed by atoms with Crippen LogP contribution in [0.25, 0.3) is 0 Å². The van der Waals surface area contributed by atoms with Crippen molar-refractivity contribution in [2.24, 2.45) is 0 Å². The summed E-state index contributed by atoms with van der Waals surface area (Å²) in [7, 11) is -4.45. The number of carbonyl (C=O) groups is 1. The fourth-order valence-electron chi connectivity index (χ4n) is 1.87. The number of benzene rings is 2. The molecule has 0 aliphatic carbocycles. The van der Waals surface area contributed by atoms with Crippen LogP contribution in [0.15, 0.2) is 47.4 Å². The molecule has 0 saturated carbocycles. The number of rotatable bonds is 7. The lowest BCUT2D eigenvalue weighted by Crippen LogP contribution is -2.44. The Morgan fingerprint density at radius 1 is 1.12 bits per heavy atom. The number of halogens is 2. The summed E-state index contributed by atoms with van der Waals surface area (Å²) >= 11 is 0. The lowest BCUT2D eigenvalue weighted by atomic mass is 10.2. The van der Waals surface area contributed by atoms with Gasteiger partial charge in [0, 0.05) is 0 Å². The maximum atomic E-state index is 13.5. The summed E-state index contributed by atoms with van der Waals surface area (Å²) in [5.41, 5.74) is 2.97. The minimum absolute atomic E-state index is 0.436. The molecule has 0 aromatic heterocycles. The number of hydrogen-bond acceptors (Lipinski definition) is 4. The van der Waals surface area contributed by atoms with Gasteiger partial charge in [-0.15, -0.1) is 4.83 Å². The van der Waals surface area contributed by atoms with Gasteiger partial charge in [-0.1, -0.05) is 19.1 Å². The Labute approximate surface area is 143 Å². The minimum atomic E-state index is -4.45. The summed E-state index contributed by atoms with van der Waals surface area (Å²) in [5, 5.41) is 0. The van der Waals surface area contributed by atoms with E-state index in [4.69, 9.17) is 4.74 Å². The molecule has 2 aromatic rings. The second-order valence-electron chi connectivity index (χ2n) is 5.01. The minimum Gasteiger partial charge on any atom is -0.484 e. The van der Waals surface area contributed by atoms with Crippen LogP contribution < -0.4 is 15.0 Å². The van der Waals surface area contributed by atoms with Crippen molar-refractivity contribution in [2.45, 2.75) is 18.2 Å². The maximum Gasteiger partial charge on any atom is 0.272 e. The largest absolute Gasteiger partial charge is 0.484 e. The van der Waals surface area contributed by atoms with E-state index >= 15 is 0 Å². The van der Waals surface area contributed by atoms with E-state index in [-0.39, 0.29) is 0 Å². The number of hydrogen-bond donors (Lipinski definition) is 2. The van der Waals surface area contributed by atoms with Crippen LogP contribution in [0.3, 0.4) is 0 Å². The Balaban J connectivity index is 1.91. The number of nitrogens with one attached hydrogen (secondary N) is 2. The molecule has 0 atom stereocenters. The van der Waals surface area contributed by atoms with Gasteiger partial charge in [0.25, 0.3) is 15.9 Å². The Hall–Kier alpha value is -2.52. The van der Waals surface area contributed by atoms with Crippen molar-refractivity contribution in [1.82, 2.24) is 10.3 Å². The van der Waals surface area contributed by atoms with E-state index in [0.717, 1.165) is 18.1 Å². The van der Waals surface area contributed by atoms with Crippen molar-refractivity contribution in [1.29, 1.82) is 0 Å². The van der Waals surface area contributed by atoms with E-state index in [2.05, 4.69) is 0 Å². The molecule has 25 heavy (non-hydrogen) atoms. The van der Waals surface area contributed by atoms with Crippen LogP contribution in [-0.4, -0.2) is 20.9 Å². The highest BCUT2D eigenvalue weighted by Crippen LogP contribution is 2.15. The molecule has 2 rings (SSSR count). The maximum absolute atomic E-state index is 13.5. The van der Waals surface area contributed by atoms with E-state index in [0.29, 0.717) is 17.9 Å². The highest BCUT2D eigenvalue weighted by atomic mass is 32.2. The molecule has 0 unspecified atom stereocenters. The average Bonchev–Trinajstić information content (AvgIpc) is 2.60. The molecule has 134 valence electrons. The number of sulfonamides is 1. The first kappa shape index (κ1) is 18.8. The molecule has 2 aromatic carbocycles. The zero-order valence-electron chi connectivity index (χ0n) is 13.3. The van der Waals surface area contributed by atoms with Crippen molar-refractivity contribution in [2.75, 3.05) is 6.61 Å². The van der Waals surface area contributed by atoms with Crippen LogP contribution in [-0.2, 0) is 21.2 Å². The molecular weight excluding hydrogens is 354 g/mol. The van der Waals surface area contributed by atoms with Gasteiger partial charge in [0.05, 0.1) is 0 Å². The summed E-state index contributed by atoms with van der Waals surface area (Å²) in [4.78, 5) is 12.4. The fourth-order valence-corrected chi connectivity index (χ4v) is 2.82. The number of amides is 1. The third kappa shape index (κ3) is 5.23. The normalized spacial score (nSPS) is 11.2. The lowest BCUT2D eigenvalue weighted by molar-refractivity contribution is -0.123. The quantitative estimate of drug-likeness (QED) is 0.730. The van der Waals surface area contributed by atoms with Gasteiger partial charge in [-0.3, -0.25) is 10.2 Å². The Kier molecular flexibility index (Phi) is 6.05. The summed E-state index contributed by atoms with van der Waals surface area (Å²) in [6, 6.07) is 9.00. The van der Waals surface area contributed by atoms with Crippen LogP contribution in [0.2, 0.25) is 0 Å². The standard InChI is InChI=1S/C16H16F2N2O4S/c1-2-11-3-6-13(7-4-11)24-10-16(21)19-20-25(22,23)15-9-12(17)5-8-14(15)18/h3-9,20H,2,10H2,1H3,(H,19,21). The summed E-state index contributed by atoms with van der Waals surface area (Å²) in [6.45, 7) is 1.54. The van der Waals surface area contributed by atoms with Crippen molar-refractivity contribution < 1.29 is 26.7 Å². The van der Waals surface area contributed by atoms with Gasteiger partial charge in [0.1, 0.15) is 22.3 Å². The van der Waals surface area contributed by atoms with Gasteiger partial charge in [-0.05, 0) is 42.3 Å². The summed E-state index contributed by atoms with van der Waals surface area (Å²) in [6.07, 6.45) is 0.860. The first-order chi connectivity index (χ1) is 11.8. The van der Waals surface area contributed by atoms with Gasteiger partial charge in [0.15, 0.2) is 6.61 Å². The highest BCUT2D eigenvalue weighted by Gasteiger charge is 2.20. The molecule has 0 aliphatic rings. The smallest absolute Gasteiger partial charge is 0.272 e. The molecule has 0 radical (unpaired) electrons. The molecule has 0 aliphatic heterocycles. The topological polar surface area (TPSA) is 84.5 Å². The molecule has 0 bridgehead atoms. The number of aryl methyl sites for hydroxylation is 1. The van der Waals surface area contributed by atoms with Crippen molar-refractivity contribution in [3.63, 3.8) is 0 Å². The molecule has 9 heteroatoms. The molecule has 2 N–H and O–H groups in total.